The van der Waals surface area contributed by atoms with Crippen LogP contribution >= 0.6 is 0 Å². The van der Waals surface area contributed by atoms with Gasteiger partial charge in [0.25, 0.3) is 5.91 Å². The van der Waals surface area contributed by atoms with E-state index < -0.39 is 21.6 Å². The van der Waals surface area contributed by atoms with Crippen LogP contribution in [0.15, 0.2) is 64.4 Å². The van der Waals surface area contributed by atoms with E-state index in [0.29, 0.717) is 45.9 Å². The van der Waals surface area contributed by atoms with Gasteiger partial charge < -0.3 is 26.2 Å². The van der Waals surface area contributed by atoms with Crippen LogP contribution in [0, 0.1) is 11.7 Å². The number of halogens is 1. The molecule has 0 radical (unpaired) electrons. The Labute approximate surface area is 250 Å². The molecule has 10 nitrogen and oxygen atoms in total. The third-order valence-electron chi connectivity index (χ3n) is 8.45. The van der Waals surface area contributed by atoms with E-state index in [4.69, 9.17) is 5.73 Å². The van der Waals surface area contributed by atoms with Crippen LogP contribution in [-0.4, -0.2) is 82.3 Å². The van der Waals surface area contributed by atoms with Crippen molar-refractivity contribution in [3.63, 3.8) is 0 Å². The number of aromatic amines is 1. The highest BCUT2D eigenvalue weighted by molar-refractivity contribution is 7.91. The number of aromatic nitrogens is 2. The minimum absolute atomic E-state index is 0.0169. The highest BCUT2D eigenvalue weighted by Crippen LogP contribution is 2.43. The second-order valence-corrected chi connectivity index (χ2v) is 13.3. The summed E-state index contributed by atoms with van der Waals surface area (Å²) < 4.78 is 41.1. The van der Waals surface area contributed by atoms with Crippen molar-refractivity contribution in [2.75, 3.05) is 63.1 Å². The van der Waals surface area contributed by atoms with E-state index in [-0.39, 0.29) is 9.79 Å². The number of piperidine rings is 1. The molecule has 226 valence electrons. The Kier molecular flexibility index (Phi) is 8.08. The molecule has 0 bridgehead atoms. The summed E-state index contributed by atoms with van der Waals surface area (Å²) in [6.07, 6.45) is 2.14. The van der Waals surface area contributed by atoms with E-state index in [1.54, 1.807) is 18.2 Å². The molecular weight excluding hydrogens is 569 g/mol. The molecule has 6 rings (SSSR count). The Balaban J connectivity index is 1.52. The van der Waals surface area contributed by atoms with Crippen LogP contribution in [0.25, 0.3) is 22.2 Å². The van der Waals surface area contributed by atoms with Gasteiger partial charge in [0, 0.05) is 43.8 Å². The minimum atomic E-state index is -4.02. The standard InChI is InChI=1S/C31H36FN7O3S/c1-38-12-14-39(15-13-38)27-10-8-24(31(33)40)29(35-19-20-4-3-11-34-18-20)28(27)30-25-17-23(7-9-26(25)36-37-30)43(41,42)22-6-2-5-21(32)16-22/h2,5-10,16-17,20,34-35H,3-4,11-15,18-19H2,1H3,(H2,33,40)(H,36,37). The van der Waals surface area contributed by atoms with Gasteiger partial charge in [0.15, 0.2) is 0 Å². The van der Waals surface area contributed by atoms with Gasteiger partial charge in [0.1, 0.15) is 11.5 Å². The van der Waals surface area contributed by atoms with Gasteiger partial charge in [-0.15, -0.1) is 0 Å². The smallest absolute Gasteiger partial charge is 0.250 e. The number of nitrogens with one attached hydrogen (secondary N) is 3. The Morgan fingerprint density at radius 3 is 2.60 bits per heavy atom. The van der Waals surface area contributed by atoms with Gasteiger partial charge in [-0.3, -0.25) is 9.89 Å². The molecule has 43 heavy (non-hydrogen) atoms. The lowest BCUT2D eigenvalue weighted by Crippen LogP contribution is -2.44. The van der Waals surface area contributed by atoms with Crippen LogP contribution in [-0.2, 0) is 9.84 Å². The lowest BCUT2D eigenvalue weighted by atomic mass is 9.96. The fourth-order valence-electron chi connectivity index (χ4n) is 6.00. The number of hydrogen-bond donors (Lipinski definition) is 4. The van der Waals surface area contributed by atoms with Crippen LogP contribution in [0.5, 0.6) is 0 Å². The van der Waals surface area contributed by atoms with E-state index in [1.807, 2.05) is 6.07 Å². The molecule has 2 aliphatic rings. The first-order valence-corrected chi connectivity index (χ1v) is 16.0. The fraction of sp³-hybridized carbons (Fsp3) is 0.355. The maximum absolute atomic E-state index is 14.0. The highest BCUT2D eigenvalue weighted by atomic mass is 32.2. The Bertz CT molecular complexity index is 1760. The van der Waals surface area contributed by atoms with Gasteiger partial charge in [-0.1, -0.05) is 6.07 Å². The van der Waals surface area contributed by atoms with Crippen molar-refractivity contribution in [3.05, 3.63) is 66.0 Å². The molecule has 1 atom stereocenters. The molecule has 1 aromatic heterocycles. The molecule has 3 heterocycles. The van der Waals surface area contributed by atoms with Crippen LogP contribution in [0.4, 0.5) is 15.8 Å². The minimum Gasteiger partial charge on any atom is -0.383 e. The first-order chi connectivity index (χ1) is 20.7. The zero-order valence-electron chi connectivity index (χ0n) is 24.1. The number of amides is 1. The van der Waals surface area contributed by atoms with Crippen molar-refractivity contribution in [1.29, 1.82) is 0 Å². The third kappa shape index (κ3) is 5.82. The third-order valence-corrected chi connectivity index (χ3v) is 10.2. The molecule has 12 heteroatoms. The SMILES string of the molecule is CN1CCN(c2ccc(C(N)=O)c(NCC3CCCNC3)c2-c2n[nH]c3ccc(S(=O)(=O)c4cccc(F)c4)cc23)CC1. The molecule has 0 spiro atoms. The molecule has 0 saturated carbocycles. The number of rotatable bonds is 8. The normalized spacial score (nSPS) is 18.2. The first kappa shape index (κ1) is 29.1. The van der Waals surface area contributed by atoms with Crippen LogP contribution in [0.2, 0.25) is 0 Å². The Morgan fingerprint density at radius 1 is 1.09 bits per heavy atom. The zero-order valence-corrected chi connectivity index (χ0v) is 24.9. The first-order valence-electron chi connectivity index (χ1n) is 14.6. The number of likely N-dealkylation sites (N-methyl/N-ethyl adjacent to an activating group) is 1. The summed E-state index contributed by atoms with van der Waals surface area (Å²) in [5, 5.41) is 15.3. The number of carbonyl (C=O) groups is 1. The van der Waals surface area contributed by atoms with Crippen LogP contribution < -0.4 is 21.3 Å². The number of H-pyrrole nitrogens is 1. The second-order valence-electron chi connectivity index (χ2n) is 11.4. The number of fused-ring (bicyclic) bond motifs is 1. The van der Waals surface area contributed by atoms with Gasteiger partial charge in [-0.25, -0.2) is 12.8 Å². The maximum Gasteiger partial charge on any atom is 0.250 e. The molecule has 4 aromatic rings. The largest absolute Gasteiger partial charge is 0.383 e. The summed E-state index contributed by atoms with van der Waals surface area (Å²) in [6.45, 7) is 5.77. The number of sulfone groups is 1. The van der Waals surface area contributed by atoms with Gasteiger partial charge >= 0.3 is 0 Å². The summed E-state index contributed by atoms with van der Waals surface area (Å²) in [5.74, 6) is -0.826. The average Bonchev–Trinajstić information content (AvgIpc) is 3.43. The van der Waals surface area contributed by atoms with E-state index in [1.165, 1.54) is 24.3 Å². The Hall–Kier alpha value is -4.00. The number of hydrogen-bond acceptors (Lipinski definition) is 8. The predicted octanol–water partition coefficient (Wildman–Crippen LogP) is 3.46. The van der Waals surface area contributed by atoms with Crippen molar-refractivity contribution in [3.8, 4) is 11.3 Å². The van der Waals surface area contributed by atoms with Gasteiger partial charge in [-0.2, -0.15) is 5.10 Å². The van der Waals surface area contributed by atoms with Crippen molar-refractivity contribution in [2.24, 2.45) is 11.7 Å². The molecular formula is C31H36FN7O3S. The average molecular weight is 606 g/mol. The summed E-state index contributed by atoms with van der Waals surface area (Å²) >= 11 is 0. The molecule has 5 N–H and O–H groups in total. The lowest BCUT2D eigenvalue weighted by molar-refractivity contribution is 0.100. The van der Waals surface area contributed by atoms with Gasteiger partial charge in [-0.05, 0) is 87.4 Å². The number of anilines is 2. The number of carbonyl (C=O) groups excluding carboxylic acids is 1. The lowest BCUT2D eigenvalue weighted by Gasteiger charge is -2.36. The quantitative estimate of drug-likeness (QED) is 0.240. The van der Waals surface area contributed by atoms with E-state index in [9.17, 15) is 17.6 Å². The molecule has 2 saturated heterocycles. The van der Waals surface area contributed by atoms with Crippen LogP contribution in [0.1, 0.15) is 23.2 Å². The number of benzene rings is 3. The number of primary amides is 1. The summed E-state index contributed by atoms with van der Waals surface area (Å²) in [4.78, 5) is 17.2. The predicted molar refractivity (Wildman–Crippen MR) is 166 cm³/mol. The highest BCUT2D eigenvalue weighted by Gasteiger charge is 2.28. The second kappa shape index (κ2) is 11.9. The molecule has 1 amide bonds. The summed E-state index contributed by atoms with van der Waals surface area (Å²) in [7, 11) is -1.93. The fourth-order valence-corrected chi connectivity index (χ4v) is 7.31. The van der Waals surface area contributed by atoms with Gasteiger partial charge in [0.2, 0.25) is 9.84 Å². The van der Waals surface area contributed by atoms with Crippen molar-refractivity contribution in [1.82, 2.24) is 20.4 Å². The molecule has 1 unspecified atom stereocenters. The van der Waals surface area contributed by atoms with E-state index in [0.717, 1.165) is 63.9 Å². The number of nitrogens with zero attached hydrogens (tertiary/aromatic N) is 3. The topological polar surface area (TPSA) is 136 Å². The molecule has 2 aliphatic heterocycles. The number of nitrogens with two attached hydrogens (primary N) is 1. The summed E-state index contributed by atoms with van der Waals surface area (Å²) in [5.41, 5.74) is 9.55. The van der Waals surface area contributed by atoms with Crippen molar-refractivity contribution >= 4 is 38.0 Å². The van der Waals surface area contributed by atoms with E-state index >= 15 is 0 Å². The van der Waals surface area contributed by atoms with Gasteiger partial charge in [0.05, 0.1) is 32.1 Å². The zero-order chi connectivity index (χ0) is 30.1. The molecule has 0 aliphatic carbocycles. The number of piperazine rings is 1. The monoisotopic (exact) mass is 605 g/mol. The molecule has 2 fully saturated rings. The van der Waals surface area contributed by atoms with E-state index in [2.05, 4.69) is 37.7 Å². The molecule has 3 aromatic carbocycles. The van der Waals surface area contributed by atoms with Crippen molar-refractivity contribution in [2.45, 2.75) is 22.6 Å². The Morgan fingerprint density at radius 2 is 1.88 bits per heavy atom. The maximum atomic E-state index is 14.0. The van der Waals surface area contributed by atoms with Crippen molar-refractivity contribution < 1.29 is 17.6 Å². The summed E-state index contributed by atoms with van der Waals surface area (Å²) in [6, 6.07) is 13.3. The van der Waals surface area contributed by atoms with Crippen LogP contribution in [0.3, 0.4) is 0 Å².